The third-order valence-electron chi connectivity index (χ3n) is 11.9. The van der Waals surface area contributed by atoms with E-state index in [4.69, 9.17) is 32.4 Å². The molecule has 26 heteroatoms. The molecule has 0 radical (unpaired) electrons. The van der Waals surface area contributed by atoms with E-state index in [-0.39, 0.29) is 57.3 Å². The van der Waals surface area contributed by atoms with Crippen molar-refractivity contribution in [3.63, 3.8) is 0 Å². The molecule has 3 rings (SSSR count). The molecule has 0 bridgehead atoms. The molecule has 0 unspecified atom stereocenters. The van der Waals surface area contributed by atoms with Gasteiger partial charge in [-0.3, -0.25) is 52.7 Å². The molecule has 0 aliphatic carbocycles. The quantitative estimate of drug-likeness (QED) is 0.0656. The lowest BCUT2D eigenvalue weighted by atomic mass is 9.96. The van der Waals surface area contributed by atoms with Gasteiger partial charge in [-0.25, -0.2) is 0 Å². The number of likely N-dealkylation sites (tertiary alicyclic amines) is 1. The van der Waals surface area contributed by atoms with Crippen molar-refractivity contribution in [1.82, 2.24) is 42.1 Å². The van der Waals surface area contributed by atoms with E-state index < -0.39 is 152 Å². The zero-order valence-corrected chi connectivity index (χ0v) is 41.6. The summed E-state index contributed by atoms with van der Waals surface area (Å²) in [4.78, 5) is 148. The van der Waals surface area contributed by atoms with Crippen molar-refractivity contribution in [3.8, 4) is 5.75 Å². The van der Waals surface area contributed by atoms with Crippen LogP contribution in [-0.4, -0.2) is 163 Å². The number of phenolic OH excluding ortho intramolecular Hbond substituents is 1. The Morgan fingerprint density at radius 1 is 0.767 bits per heavy atom. The Morgan fingerprint density at radius 2 is 1.37 bits per heavy atom. The highest BCUT2D eigenvalue weighted by Crippen LogP contribution is 2.20. The number of carbonyl (C=O) groups is 11. The molecule has 1 fully saturated rings. The second-order valence-electron chi connectivity index (χ2n) is 18.4. The third-order valence-corrected chi connectivity index (χ3v) is 11.9. The van der Waals surface area contributed by atoms with Gasteiger partial charge in [0.25, 0.3) is 0 Å². The molecule has 2 aliphatic rings. The van der Waals surface area contributed by atoms with E-state index in [9.17, 15) is 57.8 Å². The fourth-order valence-corrected chi connectivity index (χ4v) is 7.76. The van der Waals surface area contributed by atoms with Crippen LogP contribution in [0.4, 0.5) is 0 Å². The first-order valence-corrected chi connectivity index (χ1v) is 24.1. The monoisotopic (exact) mass is 1030 g/mol. The highest BCUT2D eigenvalue weighted by molar-refractivity contribution is 5.99. The standard InChI is InChI=1S/C47H72N12O14/c1-5-26(4)39-46(70)53-30(14-15-36(49)61)42(66)55-33(21-37(50)62)43(67)57-34(47(71)59-16-8-9-35(59)45(69)56-31(19-25(2)3)41(65)52-22-38(51)63)24-73-18-7-6-17-72-23-29(48)40(64)54-32(44(68)58-39)20-27-10-12-28(60)13-11-27/h6-7,10-13,25-26,29-35,39,60H,5,8-9,14-24,48H2,1-4H3,(H2,49,61)(H2,50,62)(H2,51,63)(H,52,65)(H,53,70)(H,54,64)(H,55,66)(H,56,69)(H,57,67)(H,58,68)/b7-6+/t26-,29-,30-,31-,32-,33-,34-,35-,39-/m0/s1. The summed E-state index contributed by atoms with van der Waals surface area (Å²) < 4.78 is 11.3. The second kappa shape index (κ2) is 30.0. The minimum atomic E-state index is -1.80. The van der Waals surface area contributed by atoms with Crippen LogP contribution in [-0.2, 0) is 68.6 Å². The van der Waals surface area contributed by atoms with Gasteiger partial charge in [-0.15, -0.1) is 0 Å². The number of aromatic hydroxyl groups is 1. The van der Waals surface area contributed by atoms with Crippen LogP contribution in [0.2, 0.25) is 0 Å². The molecule has 16 N–H and O–H groups in total. The predicted molar refractivity (Wildman–Crippen MR) is 260 cm³/mol. The molecular weight excluding hydrogens is 957 g/mol. The zero-order valence-electron chi connectivity index (χ0n) is 41.6. The highest BCUT2D eigenvalue weighted by Gasteiger charge is 2.41. The van der Waals surface area contributed by atoms with Crippen molar-refractivity contribution in [2.75, 3.05) is 39.5 Å². The molecule has 2 heterocycles. The lowest BCUT2D eigenvalue weighted by Gasteiger charge is -2.31. The summed E-state index contributed by atoms with van der Waals surface area (Å²) in [6.07, 6.45) is 2.16. The molecule has 1 aromatic rings. The molecule has 9 atom stereocenters. The Balaban J connectivity index is 2.02. The summed E-state index contributed by atoms with van der Waals surface area (Å²) in [6, 6.07) is -5.40. The molecular formula is C47H72N12O14. The summed E-state index contributed by atoms with van der Waals surface area (Å²) in [5.41, 5.74) is 22.8. The Kier molecular flexibility index (Phi) is 24.7. The van der Waals surface area contributed by atoms with Crippen LogP contribution >= 0.6 is 0 Å². The molecule has 1 saturated heterocycles. The highest BCUT2D eigenvalue weighted by atomic mass is 16.5. The number of nitrogens with two attached hydrogens (primary N) is 4. The van der Waals surface area contributed by atoms with E-state index in [1.807, 2.05) is 13.8 Å². The minimum absolute atomic E-state index is 0.0310. The first-order valence-electron chi connectivity index (χ1n) is 24.1. The third kappa shape index (κ3) is 20.5. The number of carbonyl (C=O) groups excluding carboxylic acids is 11. The van der Waals surface area contributed by atoms with Crippen molar-refractivity contribution in [2.24, 2.45) is 34.8 Å². The number of ether oxygens (including phenoxy) is 2. The van der Waals surface area contributed by atoms with E-state index in [0.717, 1.165) is 0 Å². The summed E-state index contributed by atoms with van der Waals surface area (Å²) in [7, 11) is 0. The van der Waals surface area contributed by atoms with E-state index >= 15 is 0 Å². The van der Waals surface area contributed by atoms with Gasteiger partial charge >= 0.3 is 0 Å². The summed E-state index contributed by atoms with van der Waals surface area (Å²) in [5, 5.41) is 27.5. The largest absolute Gasteiger partial charge is 0.508 e. The van der Waals surface area contributed by atoms with Crippen molar-refractivity contribution in [1.29, 1.82) is 0 Å². The number of hydrogen-bond acceptors (Lipinski definition) is 15. The molecule has 2 aliphatic heterocycles. The molecule has 73 heavy (non-hydrogen) atoms. The van der Waals surface area contributed by atoms with E-state index in [0.29, 0.717) is 18.4 Å². The maximum absolute atomic E-state index is 14.4. The average Bonchev–Trinajstić information content (AvgIpc) is 3.83. The first-order chi connectivity index (χ1) is 34.5. The number of amides is 11. The normalized spacial score (nSPS) is 24.5. The Labute approximate surface area is 422 Å². The van der Waals surface area contributed by atoms with E-state index in [2.05, 4.69) is 37.2 Å². The fourth-order valence-electron chi connectivity index (χ4n) is 7.76. The lowest BCUT2D eigenvalue weighted by Crippen LogP contribution is -2.62. The number of nitrogens with zero attached hydrogens (tertiary/aromatic N) is 1. The average molecular weight is 1030 g/mol. The SMILES string of the molecule is CC[C@H](C)[C@@H]1NC(=O)[C@H](Cc2ccc(O)cc2)NC(=O)[C@@H](N)COC/C=C/COC[C@@H](C(=O)N2CCC[C@H]2C(=O)N[C@@H](CC(C)C)C(=O)NCC(N)=O)NC(=O)[C@H](CC(N)=O)NC(=O)[C@H](CCC(N)=O)NC1=O. The van der Waals surface area contributed by atoms with Crippen LogP contribution in [0.15, 0.2) is 36.4 Å². The predicted octanol–water partition coefficient (Wildman–Crippen LogP) is -4.40. The van der Waals surface area contributed by atoms with Crippen molar-refractivity contribution in [2.45, 2.75) is 127 Å². The topological polar surface area (TPSA) is 418 Å². The first kappa shape index (κ1) is 60.1. The number of rotatable bonds is 17. The van der Waals surface area contributed by atoms with Crippen molar-refractivity contribution in [3.05, 3.63) is 42.0 Å². The van der Waals surface area contributed by atoms with Gasteiger partial charge in [0.1, 0.15) is 54.1 Å². The minimum Gasteiger partial charge on any atom is -0.508 e. The van der Waals surface area contributed by atoms with Gasteiger partial charge in [0.05, 0.1) is 39.4 Å². The van der Waals surface area contributed by atoms with Gasteiger partial charge in [-0.05, 0) is 55.2 Å². The van der Waals surface area contributed by atoms with E-state index in [1.54, 1.807) is 13.8 Å². The van der Waals surface area contributed by atoms with Gasteiger partial charge in [-0.2, -0.15) is 0 Å². The number of benzene rings is 1. The van der Waals surface area contributed by atoms with Crippen LogP contribution in [0, 0.1) is 11.8 Å². The van der Waals surface area contributed by atoms with Gasteiger partial charge in [0.2, 0.25) is 65.0 Å². The smallest absolute Gasteiger partial charge is 0.248 e. The molecule has 0 saturated carbocycles. The molecule has 1 aromatic carbocycles. The summed E-state index contributed by atoms with van der Waals surface area (Å²) in [6.45, 7) is 5.45. The number of phenols is 1. The number of primary amides is 3. The van der Waals surface area contributed by atoms with Crippen LogP contribution in [0.5, 0.6) is 5.75 Å². The van der Waals surface area contributed by atoms with E-state index in [1.165, 1.54) is 41.3 Å². The maximum Gasteiger partial charge on any atom is 0.248 e. The fraction of sp³-hybridized carbons (Fsp3) is 0.596. The molecule has 404 valence electrons. The summed E-state index contributed by atoms with van der Waals surface area (Å²) >= 11 is 0. The van der Waals surface area contributed by atoms with Gasteiger partial charge in [-0.1, -0.05) is 58.4 Å². The van der Waals surface area contributed by atoms with Gasteiger partial charge in [0.15, 0.2) is 0 Å². The lowest BCUT2D eigenvalue weighted by molar-refractivity contribution is -0.144. The molecule has 0 spiro atoms. The molecule has 0 aromatic heterocycles. The number of hydrogen-bond donors (Lipinski definition) is 12. The van der Waals surface area contributed by atoms with Gasteiger partial charge in [0, 0.05) is 19.4 Å². The Bertz CT molecular complexity index is 2160. The van der Waals surface area contributed by atoms with Crippen LogP contribution in [0.3, 0.4) is 0 Å². The summed E-state index contributed by atoms with van der Waals surface area (Å²) in [5.74, 6) is -10.4. The van der Waals surface area contributed by atoms with Crippen molar-refractivity contribution < 1.29 is 67.3 Å². The molecule has 26 nitrogen and oxygen atoms in total. The van der Waals surface area contributed by atoms with Crippen molar-refractivity contribution >= 4 is 65.0 Å². The second-order valence-corrected chi connectivity index (χ2v) is 18.4. The van der Waals surface area contributed by atoms with Crippen LogP contribution in [0.1, 0.15) is 78.2 Å². The Hall–Kier alpha value is -7.19. The van der Waals surface area contributed by atoms with Gasteiger partial charge < -0.3 is 79.6 Å². The number of nitrogens with one attached hydrogen (secondary N) is 7. The van der Waals surface area contributed by atoms with Crippen LogP contribution in [0.25, 0.3) is 0 Å². The van der Waals surface area contributed by atoms with Crippen LogP contribution < -0.4 is 60.2 Å². The zero-order chi connectivity index (χ0) is 54.4. The Morgan fingerprint density at radius 3 is 1.97 bits per heavy atom. The molecule has 11 amide bonds. The maximum atomic E-state index is 14.4.